The Morgan fingerprint density at radius 3 is 2.86 bits per heavy atom. The van der Waals surface area contributed by atoms with Crippen LogP contribution in [0.25, 0.3) is 0 Å². The van der Waals surface area contributed by atoms with Crippen LogP contribution in [-0.2, 0) is 26.1 Å². The van der Waals surface area contributed by atoms with E-state index in [0.717, 1.165) is 23.7 Å². The lowest BCUT2D eigenvalue weighted by Crippen LogP contribution is -2.28. The Bertz CT molecular complexity index is 577. The summed E-state index contributed by atoms with van der Waals surface area (Å²) in [6.07, 6.45) is 6.96. The topological polar surface area (TPSA) is 111 Å². The standard InChI is InChI=1S/C12H19N3O5S/c16-12(17)9-15-8-11(7-13-15)21(18,19)14-5-6-20-10-3-1-2-4-10/h7-8,10,14H,1-6,9H2,(H,16,17). The van der Waals surface area contributed by atoms with Gasteiger partial charge in [-0.1, -0.05) is 12.8 Å². The van der Waals surface area contributed by atoms with Crippen molar-refractivity contribution in [1.82, 2.24) is 14.5 Å². The number of ether oxygens (including phenoxy) is 1. The van der Waals surface area contributed by atoms with Crippen LogP contribution >= 0.6 is 0 Å². The second kappa shape index (κ2) is 7.01. The van der Waals surface area contributed by atoms with Crippen LogP contribution < -0.4 is 4.72 Å². The van der Waals surface area contributed by atoms with E-state index in [9.17, 15) is 13.2 Å². The Labute approximate surface area is 123 Å². The lowest BCUT2D eigenvalue weighted by Gasteiger charge is -2.11. The summed E-state index contributed by atoms with van der Waals surface area (Å²) >= 11 is 0. The molecule has 0 aliphatic heterocycles. The van der Waals surface area contributed by atoms with Crippen molar-refractivity contribution < 1.29 is 23.1 Å². The number of nitrogens with one attached hydrogen (secondary N) is 1. The molecular formula is C12H19N3O5S. The van der Waals surface area contributed by atoms with Crippen LogP contribution in [0.15, 0.2) is 17.3 Å². The second-order valence-corrected chi connectivity index (χ2v) is 6.71. The predicted octanol–water partition coefficient (Wildman–Crippen LogP) is 0.205. The van der Waals surface area contributed by atoms with Gasteiger partial charge in [-0.15, -0.1) is 0 Å². The van der Waals surface area contributed by atoms with Crippen molar-refractivity contribution in [3.63, 3.8) is 0 Å². The minimum Gasteiger partial charge on any atom is -0.480 e. The largest absolute Gasteiger partial charge is 0.480 e. The zero-order valence-electron chi connectivity index (χ0n) is 11.6. The molecule has 0 amide bonds. The Morgan fingerprint density at radius 2 is 2.19 bits per heavy atom. The first-order valence-corrected chi connectivity index (χ1v) is 8.31. The second-order valence-electron chi connectivity index (χ2n) is 4.94. The van der Waals surface area contributed by atoms with Gasteiger partial charge in [-0.25, -0.2) is 13.1 Å². The maximum atomic E-state index is 12.0. The van der Waals surface area contributed by atoms with Crippen molar-refractivity contribution in [3.8, 4) is 0 Å². The highest BCUT2D eigenvalue weighted by Gasteiger charge is 2.18. The minimum atomic E-state index is -3.68. The van der Waals surface area contributed by atoms with Crippen molar-refractivity contribution in [3.05, 3.63) is 12.4 Å². The van der Waals surface area contributed by atoms with Crippen LogP contribution in [0.1, 0.15) is 25.7 Å². The number of carbonyl (C=O) groups is 1. The number of sulfonamides is 1. The third kappa shape index (κ3) is 4.80. The van der Waals surface area contributed by atoms with E-state index in [0.29, 0.717) is 6.61 Å². The van der Waals surface area contributed by atoms with Crippen molar-refractivity contribution >= 4 is 16.0 Å². The van der Waals surface area contributed by atoms with Gasteiger partial charge < -0.3 is 9.84 Å². The van der Waals surface area contributed by atoms with Crippen LogP contribution in [-0.4, -0.2) is 48.5 Å². The number of carboxylic acid groups (broad SMARTS) is 1. The maximum absolute atomic E-state index is 12.0. The van der Waals surface area contributed by atoms with Gasteiger partial charge in [0.15, 0.2) is 0 Å². The first-order chi connectivity index (χ1) is 9.97. The average molecular weight is 317 g/mol. The molecule has 1 aliphatic carbocycles. The maximum Gasteiger partial charge on any atom is 0.325 e. The number of carboxylic acids is 1. The number of hydrogen-bond acceptors (Lipinski definition) is 5. The summed E-state index contributed by atoms with van der Waals surface area (Å²) in [5.74, 6) is -1.08. The first kappa shape index (κ1) is 15.9. The smallest absolute Gasteiger partial charge is 0.325 e. The van der Waals surface area contributed by atoms with Gasteiger partial charge in [0, 0.05) is 12.7 Å². The van der Waals surface area contributed by atoms with Crippen molar-refractivity contribution in [2.75, 3.05) is 13.2 Å². The number of nitrogens with zero attached hydrogens (tertiary/aromatic N) is 2. The van der Waals surface area contributed by atoms with E-state index in [2.05, 4.69) is 9.82 Å². The molecule has 0 unspecified atom stereocenters. The highest BCUT2D eigenvalue weighted by Crippen LogP contribution is 2.20. The molecule has 1 saturated carbocycles. The Hall–Kier alpha value is -1.45. The minimum absolute atomic E-state index is 0.0513. The van der Waals surface area contributed by atoms with Crippen molar-refractivity contribution in [2.24, 2.45) is 0 Å². The summed E-state index contributed by atoms with van der Waals surface area (Å²) in [5, 5.41) is 12.3. The molecule has 0 bridgehead atoms. The summed E-state index contributed by atoms with van der Waals surface area (Å²) in [5.41, 5.74) is 0. The normalized spacial score (nSPS) is 16.4. The van der Waals surface area contributed by atoms with Crippen molar-refractivity contribution in [1.29, 1.82) is 0 Å². The summed E-state index contributed by atoms with van der Waals surface area (Å²) in [4.78, 5) is 10.5. The van der Waals surface area contributed by atoms with Gasteiger partial charge >= 0.3 is 5.97 Å². The monoisotopic (exact) mass is 317 g/mol. The van der Waals surface area contributed by atoms with E-state index in [1.54, 1.807) is 0 Å². The number of aliphatic carboxylic acids is 1. The van der Waals surface area contributed by atoms with Crippen LogP contribution in [0.5, 0.6) is 0 Å². The summed E-state index contributed by atoms with van der Waals surface area (Å²) < 4.78 is 33.0. The van der Waals surface area contributed by atoms with Gasteiger partial charge in [0.25, 0.3) is 0 Å². The number of rotatable bonds is 8. The Morgan fingerprint density at radius 1 is 1.48 bits per heavy atom. The van der Waals surface area contributed by atoms with Gasteiger partial charge in [-0.3, -0.25) is 9.48 Å². The van der Waals surface area contributed by atoms with Crippen LogP contribution in [0.2, 0.25) is 0 Å². The lowest BCUT2D eigenvalue weighted by atomic mass is 10.3. The van der Waals surface area contributed by atoms with E-state index in [1.807, 2.05) is 0 Å². The fourth-order valence-electron chi connectivity index (χ4n) is 2.25. The van der Waals surface area contributed by atoms with E-state index < -0.39 is 16.0 Å². The molecule has 1 aromatic heterocycles. The fourth-order valence-corrected chi connectivity index (χ4v) is 3.21. The van der Waals surface area contributed by atoms with Crippen LogP contribution in [0.4, 0.5) is 0 Å². The molecule has 0 atom stereocenters. The van der Waals surface area contributed by atoms with E-state index in [1.165, 1.54) is 19.0 Å². The zero-order valence-corrected chi connectivity index (χ0v) is 12.4. The number of hydrogen-bond donors (Lipinski definition) is 2. The molecule has 1 heterocycles. The molecule has 0 spiro atoms. The third-order valence-corrected chi connectivity index (χ3v) is 4.68. The Kier molecular flexibility index (Phi) is 5.32. The highest BCUT2D eigenvalue weighted by molar-refractivity contribution is 7.89. The quantitative estimate of drug-likeness (QED) is 0.663. The summed E-state index contributed by atoms with van der Waals surface area (Å²) in [6, 6.07) is 0. The van der Waals surface area contributed by atoms with Crippen LogP contribution in [0.3, 0.4) is 0 Å². The average Bonchev–Trinajstić information content (AvgIpc) is 3.05. The molecule has 118 valence electrons. The number of aromatic nitrogens is 2. The molecule has 1 aliphatic rings. The van der Waals surface area contributed by atoms with E-state index in [-0.39, 0.29) is 24.1 Å². The highest BCUT2D eigenvalue weighted by atomic mass is 32.2. The molecule has 1 fully saturated rings. The molecular weight excluding hydrogens is 298 g/mol. The van der Waals surface area contributed by atoms with Gasteiger partial charge in [-0.2, -0.15) is 5.10 Å². The fraction of sp³-hybridized carbons (Fsp3) is 0.667. The molecule has 2 rings (SSSR count). The van der Waals surface area contributed by atoms with Gasteiger partial charge in [0.1, 0.15) is 11.4 Å². The summed E-state index contributed by atoms with van der Waals surface area (Å²) in [7, 11) is -3.68. The van der Waals surface area contributed by atoms with Gasteiger partial charge in [0.2, 0.25) is 10.0 Å². The molecule has 8 nitrogen and oxygen atoms in total. The lowest BCUT2D eigenvalue weighted by molar-refractivity contribution is -0.137. The Balaban J connectivity index is 1.80. The van der Waals surface area contributed by atoms with E-state index >= 15 is 0 Å². The van der Waals surface area contributed by atoms with E-state index in [4.69, 9.17) is 9.84 Å². The molecule has 21 heavy (non-hydrogen) atoms. The molecule has 9 heteroatoms. The van der Waals surface area contributed by atoms with Crippen LogP contribution in [0, 0.1) is 0 Å². The molecule has 0 saturated heterocycles. The predicted molar refractivity (Wildman–Crippen MR) is 73.3 cm³/mol. The SMILES string of the molecule is O=C(O)Cn1cc(S(=O)(=O)NCCOC2CCCC2)cn1. The van der Waals surface area contributed by atoms with Gasteiger partial charge in [0.05, 0.1) is 18.9 Å². The third-order valence-electron chi connectivity index (χ3n) is 3.27. The molecule has 2 N–H and O–H groups in total. The van der Waals surface area contributed by atoms with Gasteiger partial charge in [-0.05, 0) is 12.8 Å². The molecule has 0 radical (unpaired) electrons. The first-order valence-electron chi connectivity index (χ1n) is 6.83. The zero-order chi connectivity index (χ0) is 15.3. The molecule has 1 aromatic rings. The van der Waals surface area contributed by atoms with Crippen molar-refractivity contribution in [2.45, 2.75) is 43.2 Å². The molecule has 0 aromatic carbocycles. The summed E-state index contributed by atoms with van der Waals surface area (Å²) in [6.45, 7) is 0.135.